The summed E-state index contributed by atoms with van der Waals surface area (Å²) in [6, 6.07) is -0.618. The molecule has 1 fully saturated rings. The third-order valence-corrected chi connectivity index (χ3v) is 2.65. The molecule has 114 valence electrons. The molecular weight excluding hydrogens is 270 g/mol. The molecule has 0 aromatic heterocycles. The van der Waals surface area contributed by atoms with Gasteiger partial charge in [0.15, 0.2) is 18.5 Å². The lowest BCUT2D eigenvalue weighted by Crippen LogP contribution is -2.61. The van der Waals surface area contributed by atoms with E-state index in [1.807, 2.05) is 0 Å². The molecule has 0 saturated carbocycles. The van der Waals surface area contributed by atoms with E-state index in [4.69, 9.17) is 18.9 Å². The number of carbonyl (C=O) groups is 3. The van der Waals surface area contributed by atoms with Crippen molar-refractivity contribution in [3.8, 4) is 0 Å². The molecule has 0 unspecified atom stereocenters. The van der Waals surface area contributed by atoms with Gasteiger partial charge in [-0.1, -0.05) is 0 Å². The maximum atomic E-state index is 11.2. The highest BCUT2D eigenvalue weighted by Gasteiger charge is 2.45. The number of hydrogen-bond acceptors (Lipinski definition) is 7. The Kier molecular flexibility index (Phi) is 5.90. The Morgan fingerprint density at radius 2 is 1.60 bits per heavy atom. The average Bonchev–Trinajstić information content (AvgIpc) is 2.31. The van der Waals surface area contributed by atoms with E-state index in [-0.39, 0.29) is 12.5 Å². The Hall–Kier alpha value is -1.67. The largest absolute Gasteiger partial charge is 0.456 e. The molecule has 1 heterocycles. The van der Waals surface area contributed by atoms with Crippen LogP contribution in [0.15, 0.2) is 0 Å². The van der Waals surface area contributed by atoms with Crippen molar-refractivity contribution < 1.29 is 33.3 Å². The number of hydrogen-bond donors (Lipinski definition) is 1. The Balaban J connectivity index is 2.95. The van der Waals surface area contributed by atoms with Crippen LogP contribution in [-0.2, 0) is 33.3 Å². The molecule has 0 aromatic rings. The molecule has 1 aliphatic rings. The van der Waals surface area contributed by atoms with Crippen molar-refractivity contribution in [2.75, 3.05) is 13.7 Å². The summed E-state index contributed by atoms with van der Waals surface area (Å²) in [5, 5.41) is 2.60. The van der Waals surface area contributed by atoms with E-state index in [9.17, 15) is 14.4 Å². The van der Waals surface area contributed by atoms with Gasteiger partial charge in [-0.05, 0) is 0 Å². The van der Waals surface area contributed by atoms with E-state index in [2.05, 4.69) is 5.32 Å². The van der Waals surface area contributed by atoms with E-state index in [0.717, 1.165) is 0 Å². The van der Waals surface area contributed by atoms with Crippen LogP contribution in [0.5, 0.6) is 0 Å². The number of esters is 2. The first kappa shape index (κ1) is 16.4. The molecule has 1 amide bonds. The van der Waals surface area contributed by atoms with Crippen molar-refractivity contribution in [1.82, 2.24) is 5.32 Å². The maximum Gasteiger partial charge on any atom is 0.303 e. The maximum absolute atomic E-state index is 11.2. The van der Waals surface area contributed by atoms with Gasteiger partial charge in [0, 0.05) is 27.9 Å². The third kappa shape index (κ3) is 4.46. The summed E-state index contributed by atoms with van der Waals surface area (Å²) in [4.78, 5) is 33.6. The molecule has 0 spiro atoms. The van der Waals surface area contributed by atoms with Gasteiger partial charge in [-0.25, -0.2) is 0 Å². The number of carbonyl (C=O) groups excluding carboxylic acids is 3. The molecule has 4 atom stereocenters. The van der Waals surface area contributed by atoms with E-state index in [1.54, 1.807) is 0 Å². The fourth-order valence-electron chi connectivity index (χ4n) is 2.01. The second-order valence-corrected chi connectivity index (χ2v) is 4.39. The zero-order chi connectivity index (χ0) is 15.3. The van der Waals surface area contributed by atoms with Gasteiger partial charge >= 0.3 is 11.9 Å². The van der Waals surface area contributed by atoms with E-state index < -0.39 is 36.5 Å². The lowest BCUT2D eigenvalue weighted by Gasteiger charge is -2.40. The van der Waals surface area contributed by atoms with Crippen molar-refractivity contribution in [2.24, 2.45) is 0 Å². The molecule has 8 nitrogen and oxygen atoms in total. The lowest BCUT2D eigenvalue weighted by atomic mass is 10.0. The Labute approximate surface area is 116 Å². The first-order chi connectivity index (χ1) is 9.35. The summed E-state index contributed by atoms with van der Waals surface area (Å²) >= 11 is 0. The summed E-state index contributed by atoms with van der Waals surface area (Å²) < 4.78 is 20.7. The first-order valence-electron chi connectivity index (χ1n) is 6.11. The van der Waals surface area contributed by atoms with Gasteiger partial charge in [0.25, 0.3) is 0 Å². The topological polar surface area (TPSA) is 100 Å². The minimum absolute atomic E-state index is 0.0772. The van der Waals surface area contributed by atoms with Crippen LogP contribution in [-0.4, -0.2) is 56.1 Å². The zero-order valence-corrected chi connectivity index (χ0v) is 11.9. The zero-order valence-electron chi connectivity index (χ0n) is 11.9. The van der Waals surface area contributed by atoms with E-state index >= 15 is 0 Å². The lowest BCUT2D eigenvalue weighted by molar-refractivity contribution is -0.254. The van der Waals surface area contributed by atoms with Crippen molar-refractivity contribution in [2.45, 2.75) is 45.3 Å². The standard InChI is InChI=1S/C12H19NO7/c1-6(14)13-9-5-18-12(17-4)11(20-8(3)16)10(9)19-7(2)15/h9-12H,5H2,1-4H3,(H,13,14)/t9-,10+,11+,12+/m0/s1. The predicted molar refractivity (Wildman–Crippen MR) is 65.5 cm³/mol. The quantitative estimate of drug-likeness (QED) is 0.687. The number of amides is 1. The Morgan fingerprint density at radius 1 is 1.05 bits per heavy atom. The van der Waals surface area contributed by atoms with Gasteiger partial charge in [0.1, 0.15) is 0 Å². The Bertz CT molecular complexity index is 384. The fourth-order valence-corrected chi connectivity index (χ4v) is 2.01. The summed E-state index contributed by atoms with van der Waals surface area (Å²) in [5.41, 5.74) is 0. The van der Waals surface area contributed by atoms with Crippen LogP contribution in [0.1, 0.15) is 20.8 Å². The molecule has 0 aliphatic carbocycles. The first-order valence-corrected chi connectivity index (χ1v) is 6.11. The Morgan fingerprint density at radius 3 is 2.05 bits per heavy atom. The van der Waals surface area contributed by atoms with Crippen LogP contribution in [0.3, 0.4) is 0 Å². The highest BCUT2D eigenvalue weighted by molar-refractivity contribution is 5.73. The molecule has 1 rings (SSSR count). The second-order valence-electron chi connectivity index (χ2n) is 4.39. The van der Waals surface area contributed by atoms with Gasteiger partial charge in [-0.3, -0.25) is 14.4 Å². The third-order valence-electron chi connectivity index (χ3n) is 2.65. The minimum Gasteiger partial charge on any atom is -0.456 e. The van der Waals surface area contributed by atoms with Crippen LogP contribution in [0.4, 0.5) is 0 Å². The van der Waals surface area contributed by atoms with Crippen molar-refractivity contribution in [1.29, 1.82) is 0 Å². The predicted octanol–water partition coefficient (Wildman–Crippen LogP) is -0.643. The van der Waals surface area contributed by atoms with Crippen LogP contribution >= 0.6 is 0 Å². The van der Waals surface area contributed by atoms with Gasteiger partial charge in [-0.2, -0.15) is 0 Å². The normalized spacial score (nSPS) is 29.4. The highest BCUT2D eigenvalue weighted by Crippen LogP contribution is 2.22. The van der Waals surface area contributed by atoms with Gasteiger partial charge in [-0.15, -0.1) is 0 Å². The molecule has 0 aromatic carbocycles. The number of nitrogens with one attached hydrogen (secondary N) is 1. The van der Waals surface area contributed by atoms with Gasteiger partial charge < -0.3 is 24.3 Å². The molecule has 1 saturated heterocycles. The SMILES string of the molecule is CO[C@@H]1OC[C@H](NC(C)=O)[C@@H](OC(C)=O)[C@H]1OC(C)=O. The molecule has 0 radical (unpaired) electrons. The fraction of sp³-hybridized carbons (Fsp3) is 0.750. The number of methoxy groups -OCH3 is 1. The number of rotatable bonds is 4. The van der Waals surface area contributed by atoms with E-state index in [0.29, 0.717) is 0 Å². The monoisotopic (exact) mass is 289 g/mol. The van der Waals surface area contributed by atoms with E-state index in [1.165, 1.54) is 27.9 Å². The number of ether oxygens (including phenoxy) is 4. The van der Waals surface area contributed by atoms with Crippen molar-refractivity contribution >= 4 is 17.8 Å². The van der Waals surface area contributed by atoms with Gasteiger partial charge in [0.2, 0.25) is 5.91 Å². The summed E-state index contributed by atoms with van der Waals surface area (Å²) in [6.45, 7) is 3.86. The minimum atomic E-state index is -0.952. The molecule has 20 heavy (non-hydrogen) atoms. The van der Waals surface area contributed by atoms with Gasteiger partial charge in [0.05, 0.1) is 12.6 Å². The van der Waals surface area contributed by atoms with Crippen molar-refractivity contribution in [3.05, 3.63) is 0 Å². The van der Waals surface area contributed by atoms with Crippen molar-refractivity contribution in [3.63, 3.8) is 0 Å². The molecule has 1 aliphatic heterocycles. The second kappa shape index (κ2) is 7.20. The summed E-state index contributed by atoms with van der Waals surface area (Å²) in [6.07, 6.45) is -2.70. The van der Waals surface area contributed by atoms with Crippen LogP contribution in [0.25, 0.3) is 0 Å². The average molecular weight is 289 g/mol. The molecule has 8 heteroatoms. The summed E-state index contributed by atoms with van der Waals surface area (Å²) in [5.74, 6) is -1.44. The molecule has 0 bridgehead atoms. The van der Waals surface area contributed by atoms with Crippen LogP contribution in [0, 0.1) is 0 Å². The smallest absolute Gasteiger partial charge is 0.303 e. The van der Waals surface area contributed by atoms with Crippen LogP contribution in [0.2, 0.25) is 0 Å². The van der Waals surface area contributed by atoms with Crippen LogP contribution < -0.4 is 5.32 Å². The molecular formula is C12H19NO7. The summed E-state index contributed by atoms with van der Waals surface area (Å²) in [7, 11) is 1.38. The molecule has 1 N–H and O–H groups in total. The highest BCUT2D eigenvalue weighted by atomic mass is 16.7.